The number of aromatic nitrogens is 3. The lowest BCUT2D eigenvalue weighted by Crippen LogP contribution is -2.06. The smallest absolute Gasteiger partial charge is 0.163 e. The quantitative estimate of drug-likeness (QED) is 0.475. The number of hydrogen-bond acceptors (Lipinski definition) is 5. The molecule has 0 spiro atoms. The second-order valence-electron chi connectivity index (χ2n) is 7.23. The van der Waals surface area contributed by atoms with Gasteiger partial charge in [-0.05, 0) is 37.8 Å². The summed E-state index contributed by atoms with van der Waals surface area (Å²) < 4.78 is 0. The van der Waals surface area contributed by atoms with Crippen molar-refractivity contribution in [1.29, 1.82) is 0 Å². The maximum atomic E-state index is 6.10. The molecule has 2 heterocycles. The van der Waals surface area contributed by atoms with Crippen molar-refractivity contribution in [3.63, 3.8) is 0 Å². The number of benzene rings is 1. The van der Waals surface area contributed by atoms with Gasteiger partial charge < -0.3 is 5.32 Å². The van der Waals surface area contributed by atoms with Gasteiger partial charge in [-0.2, -0.15) is 0 Å². The Kier molecular flexibility index (Phi) is 6.94. The van der Waals surface area contributed by atoms with Crippen LogP contribution in [0.2, 0.25) is 5.02 Å². The van der Waals surface area contributed by atoms with Gasteiger partial charge in [0.25, 0.3) is 0 Å². The molecule has 0 aliphatic heterocycles. The minimum absolute atomic E-state index is 0.385. The Morgan fingerprint density at radius 1 is 1.17 bits per heavy atom. The van der Waals surface area contributed by atoms with Gasteiger partial charge in [0.2, 0.25) is 0 Å². The average Bonchev–Trinajstić information content (AvgIpc) is 2.71. The molecule has 150 valence electrons. The molecule has 0 saturated heterocycles. The Balaban J connectivity index is 1.99. The van der Waals surface area contributed by atoms with Crippen molar-refractivity contribution in [3.8, 4) is 11.4 Å². The Morgan fingerprint density at radius 2 is 2.00 bits per heavy atom. The fourth-order valence-corrected chi connectivity index (χ4v) is 3.00. The van der Waals surface area contributed by atoms with Gasteiger partial charge in [-0.25, -0.2) is 9.97 Å². The van der Waals surface area contributed by atoms with E-state index in [-0.39, 0.29) is 0 Å². The zero-order valence-electron chi connectivity index (χ0n) is 17.3. The number of nitrogens with zero attached hydrogens (tertiary/aromatic N) is 4. The average molecular weight is 408 g/mol. The van der Waals surface area contributed by atoms with Gasteiger partial charge in [0.05, 0.1) is 10.7 Å². The minimum Gasteiger partial charge on any atom is -0.364 e. The van der Waals surface area contributed by atoms with Gasteiger partial charge >= 0.3 is 0 Å². The molecule has 0 aliphatic rings. The zero-order valence-corrected chi connectivity index (χ0v) is 18.0. The fraction of sp³-hybridized carbons (Fsp3) is 0.304. The van der Waals surface area contributed by atoms with Crippen molar-refractivity contribution >= 4 is 29.3 Å². The number of anilines is 1. The van der Waals surface area contributed by atoms with Crippen LogP contribution in [-0.4, -0.2) is 21.2 Å². The summed E-state index contributed by atoms with van der Waals surface area (Å²) in [5.74, 6) is 1.66. The van der Waals surface area contributed by atoms with Crippen molar-refractivity contribution in [2.75, 3.05) is 5.32 Å². The third-order valence-corrected chi connectivity index (χ3v) is 4.87. The van der Waals surface area contributed by atoms with E-state index in [4.69, 9.17) is 21.6 Å². The van der Waals surface area contributed by atoms with Crippen molar-refractivity contribution < 1.29 is 0 Å². The van der Waals surface area contributed by atoms with Gasteiger partial charge in [0, 0.05) is 30.7 Å². The highest BCUT2D eigenvalue weighted by Gasteiger charge is 2.13. The lowest BCUT2D eigenvalue weighted by molar-refractivity contribution is 0.754. The predicted molar refractivity (Wildman–Crippen MR) is 121 cm³/mol. The molecule has 1 atom stereocenters. The molecule has 0 amide bonds. The van der Waals surface area contributed by atoms with E-state index >= 15 is 0 Å². The first-order valence-corrected chi connectivity index (χ1v) is 10.2. The summed E-state index contributed by atoms with van der Waals surface area (Å²) in [6.45, 7) is 8.98. The highest BCUT2D eigenvalue weighted by molar-refractivity contribution is 6.30. The summed E-state index contributed by atoms with van der Waals surface area (Å²) >= 11 is 6.10. The van der Waals surface area contributed by atoms with Crippen LogP contribution in [0.15, 0.2) is 47.7 Å². The maximum absolute atomic E-state index is 6.10. The zero-order chi connectivity index (χ0) is 20.8. The molecule has 5 nitrogen and oxygen atoms in total. The molecule has 3 aromatic rings. The van der Waals surface area contributed by atoms with Crippen LogP contribution >= 0.6 is 11.6 Å². The molecule has 0 aliphatic carbocycles. The third-order valence-electron chi connectivity index (χ3n) is 4.67. The molecule has 2 aromatic heterocycles. The molecule has 0 fully saturated rings. The molecule has 29 heavy (non-hydrogen) atoms. The second kappa shape index (κ2) is 9.61. The summed E-state index contributed by atoms with van der Waals surface area (Å²) in [4.78, 5) is 18.3. The van der Waals surface area contributed by atoms with E-state index in [1.54, 1.807) is 12.4 Å². The van der Waals surface area contributed by atoms with Crippen LogP contribution < -0.4 is 5.32 Å². The second-order valence-corrected chi connectivity index (χ2v) is 7.66. The number of aliphatic imine (C=N–C) groups is 1. The normalized spacial score (nSPS) is 12.3. The Hall–Kier alpha value is -2.79. The summed E-state index contributed by atoms with van der Waals surface area (Å²) in [7, 11) is 0. The van der Waals surface area contributed by atoms with Crippen LogP contribution in [0.5, 0.6) is 0 Å². The highest BCUT2D eigenvalue weighted by Crippen LogP contribution is 2.30. The first kappa shape index (κ1) is 20.9. The van der Waals surface area contributed by atoms with Crippen LogP contribution in [0.3, 0.4) is 0 Å². The van der Waals surface area contributed by atoms with Crippen molar-refractivity contribution in [3.05, 3.63) is 64.6 Å². The van der Waals surface area contributed by atoms with Crippen LogP contribution in [0.1, 0.15) is 37.1 Å². The third kappa shape index (κ3) is 5.61. The molecule has 0 radical (unpaired) electrons. The van der Waals surface area contributed by atoms with Crippen molar-refractivity contribution in [2.45, 2.75) is 40.7 Å². The van der Waals surface area contributed by atoms with E-state index in [2.05, 4.69) is 60.3 Å². The fourth-order valence-electron chi connectivity index (χ4n) is 2.82. The van der Waals surface area contributed by atoms with Crippen LogP contribution in [0, 0.1) is 19.8 Å². The standard InChI is InChI=1S/C23H26ClN5/c1-5-15(2)11-26-21-17(4)28-22(19-10-20(24)14-25-13-19)29-23(21)27-12-18-8-6-7-16(3)9-18/h6-11,13-15H,5,12H2,1-4H3,(H,27,28,29). The van der Waals surface area contributed by atoms with Gasteiger partial charge in [0.1, 0.15) is 5.69 Å². The van der Waals surface area contributed by atoms with Crippen molar-refractivity contribution in [2.24, 2.45) is 10.9 Å². The van der Waals surface area contributed by atoms with E-state index in [1.165, 1.54) is 11.1 Å². The molecule has 1 unspecified atom stereocenters. The Labute approximate surface area is 177 Å². The van der Waals surface area contributed by atoms with Gasteiger partial charge in [-0.3, -0.25) is 9.98 Å². The van der Waals surface area contributed by atoms with Crippen LogP contribution in [0.4, 0.5) is 11.5 Å². The number of aryl methyl sites for hydroxylation is 2. The summed E-state index contributed by atoms with van der Waals surface area (Å²) in [5.41, 5.74) is 4.75. The van der Waals surface area contributed by atoms with E-state index < -0.39 is 0 Å². The number of halogens is 1. The largest absolute Gasteiger partial charge is 0.364 e. The summed E-state index contributed by atoms with van der Waals surface area (Å²) in [6.07, 6.45) is 6.30. The first-order chi connectivity index (χ1) is 14.0. The molecule has 6 heteroatoms. The highest BCUT2D eigenvalue weighted by atomic mass is 35.5. The summed E-state index contributed by atoms with van der Waals surface area (Å²) in [5, 5.41) is 4.00. The molecule has 1 aromatic carbocycles. The predicted octanol–water partition coefficient (Wildman–Crippen LogP) is 6.17. The topological polar surface area (TPSA) is 63.1 Å². The number of rotatable bonds is 7. The first-order valence-electron chi connectivity index (χ1n) is 9.79. The van der Waals surface area contributed by atoms with Crippen LogP contribution in [-0.2, 0) is 6.54 Å². The maximum Gasteiger partial charge on any atom is 0.163 e. The monoisotopic (exact) mass is 407 g/mol. The molecule has 1 N–H and O–H groups in total. The van der Waals surface area contributed by atoms with E-state index in [0.29, 0.717) is 29.1 Å². The van der Waals surface area contributed by atoms with Crippen molar-refractivity contribution in [1.82, 2.24) is 15.0 Å². The summed E-state index contributed by atoms with van der Waals surface area (Å²) in [6, 6.07) is 10.2. The minimum atomic E-state index is 0.385. The SMILES string of the molecule is CCC(C)C=Nc1c(C)nc(-c2cncc(Cl)c2)nc1NCc1cccc(C)c1. The number of pyridine rings is 1. The van der Waals surface area contributed by atoms with E-state index in [9.17, 15) is 0 Å². The number of hydrogen-bond donors (Lipinski definition) is 1. The molecule has 0 saturated carbocycles. The Bertz CT molecular complexity index is 1020. The lowest BCUT2D eigenvalue weighted by Gasteiger charge is -2.13. The molecule has 0 bridgehead atoms. The van der Waals surface area contributed by atoms with Gasteiger partial charge in [-0.1, -0.05) is 55.3 Å². The van der Waals surface area contributed by atoms with Gasteiger partial charge in [0.15, 0.2) is 11.6 Å². The lowest BCUT2D eigenvalue weighted by atomic mass is 10.1. The number of nitrogens with one attached hydrogen (secondary N) is 1. The van der Waals surface area contributed by atoms with Gasteiger partial charge in [-0.15, -0.1) is 0 Å². The molecular formula is C23H26ClN5. The molecular weight excluding hydrogens is 382 g/mol. The van der Waals surface area contributed by atoms with Crippen LogP contribution in [0.25, 0.3) is 11.4 Å². The van der Waals surface area contributed by atoms with E-state index in [0.717, 1.165) is 23.4 Å². The molecule has 3 rings (SSSR count). The van der Waals surface area contributed by atoms with E-state index in [1.807, 2.05) is 19.2 Å². The Morgan fingerprint density at radius 3 is 2.72 bits per heavy atom.